The van der Waals surface area contributed by atoms with Crippen LogP contribution in [0.3, 0.4) is 0 Å². The molecule has 0 aliphatic carbocycles. The fourth-order valence-corrected chi connectivity index (χ4v) is 8.68. The second kappa shape index (κ2) is 14.0. The van der Waals surface area contributed by atoms with Crippen LogP contribution in [0.1, 0.15) is 31.4 Å². The number of alkyl halides is 1. The number of benzene rings is 2. The highest BCUT2D eigenvalue weighted by molar-refractivity contribution is 9.10. The molecule has 2 N–H and O–H groups in total. The van der Waals surface area contributed by atoms with Gasteiger partial charge in [0.2, 0.25) is 10.0 Å². The minimum Gasteiger partial charge on any atom is -0.449 e. The van der Waals surface area contributed by atoms with Crippen LogP contribution >= 0.6 is 31.9 Å². The van der Waals surface area contributed by atoms with Crippen molar-refractivity contribution < 1.29 is 36.9 Å². The normalized spacial score (nSPS) is 21.8. The van der Waals surface area contributed by atoms with E-state index in [1.165, 1.54) is 10.4 Å². The first-order valence-corrected chi connectivity index (χ1v) is 17.6. The number of fused-ring (bicyclic) bond motifs is 2. The standard InChI is InChI=1S/C30H36Br2N2O8S/c1-18(2)15-34(43(37,38)20-8-9-26-22(13-20)23(14-31)28(32)41-26)16-25(35)24(12-19-6-4-3-5-7-19)33-30(36)42-27-17-40-29-21(27)10-11-39-29/h3-9,13,18,21,24-25,27,29,35H,10-12,14-17H2,1-2H3,(H,33,36)/t21-,24+,25-,27+,29?/m1/s1. The molecule has 3 heterocycles. The fourth-order valence-electron chi connectivity index (χ4n) is 5.57. The summed E-state index contributed by atoms with van der Waals surface area (Å²) < 4.78 is 52.4. The molecule has 5 atom stereocenters. The van der Waals surface area contributed by atoms with Crippen LogP contribution in [0.4, 0.5) is 4.79 Å². The van der Waals surface area contributed by atoms with Crippen LogP contribution in [0.2, 0.25) is 0 Å². The Hall–Kier alpha value is -2.00. The number of alkyl carbamates (subject to hydrolysis) is 1. The Labute approximate surface area is 268 Å². The molecule has 3 aromatic rings. The molecule has 0 spiro atoms. The molecule has 0 bridgehead atoms. The number of aliphatic hydroxyl groups excluding tert-OH is 1. The van der Waals surface area contributed by atoms with E-state index in [2.05, 4.69) is 37.2 Å². The zero-order valence-corrected chi connectivity index (χ0v) is 27.9. The minimum atomic E-state index is -4.04. The molecule has 2 fully saturated rings. The number of nitrogens with one attached hydrogen (secondary N) is 1. The summed E-state index contributed by atoms with van der Waals surface area (Å²) in [5, 5.41) is 15.5. The largest absolute Gasteiger partial charge is 0.449 e. The molecule has 13 heteroatoms. The third-order valence-corrected chi connectivity index (χ3v) is 10.8. The van der Waals surface area contributed by atoms with Crippen molar-refractivity contribution >= 4 is 58.9 Å². The first-order valence-electron chi connectivity index (χ1n) is 14.3. The van der Waals surface area contributed by atoms with Crippen molar-refractivity contribution in [2.75, 3.05) is 26.3 Å². The van der Waals surface area contributed by atoms with E-state index in [9.17, 15) is 18.3 Å². The quantitative estimate of drug-likeness (QED) is 0.243. The van der Waals surface area contributed by atoms with E-state index in [0.29, 0.717) is 27.6 Å². The average molecular weight is 744 g/mol. The van der Waals surface area contributed by atoms with Crippen molar-refractivity contribution in [1.29, 1.82) is 0 Å². The first kappa shape index (κ1) is 32.4. The van der Waals surface area contributed by atoms with Crippen LogP contribution in [0, 0.1) is 11.8 Å². The lowest BCUT2D eigenvalue weighted by Crippen LogP contribution is -2.51. The van der Waals surface area contributed by atoms with Gasteiger partial charge in [-0.05, 0) is 58.5 Å². The number of halogens is 2. The molecule has 1 unspecified atom stereocenters. The predicted molar refractivity (Wildman–Crippen MR) is 167 cm³/mol. The van der Waals surface area contributed by atoms with E-state index >= 15 is 0 Å². The van der Waals surface area contributed by atoms with Gasteiger partial charge >= 0.3 is 6.09 Å². The zero-order valence-electron chi connectivity index (χ0n) is 23.9. The number of hydrogen-bond donors (Lipinski definition) is 2. The van der Waals surface area contributed by atoms with Crippen LogP contribution in [-0.4, -0.2) is 74.8 Å². The van der Waals surface area contributed by atoms with E-state index < -0.39 is 34.4 Å². The lowest BCUT2D eigenvalue weighted by Gasteiger charge is -2.31. The van der Waals surface area contributed by atoms with Crippen LogP contribution in [0.25, 0.3) is 11.0 Å². The number of hydrogen-bond acceptors (Lipinski definition) is 8. The maximum atomic E-state index is 14.0. The van der Waals surface area contributed by atoms with Crippen molar-refractivity contribution in [3.8, 4) is 0 Å². The molecule has 5 rings (SSSR count). The van der Waals surface area contributed by atoms with Gasteiger partial charge in [0.15, 0.2) is 11.0 Å². The first-order chi connectivity index (χ1) is 20.6. The summed E-state index contributed by atoms with van der Waals surface area (Å²) in [6, 6.07) is 13.3. The second-order valence-corrected chi connectivity index (χ2v) is 14.6. The Morgan fingerprint density at radius 2 is 1.93 bits per heavy atom. The molecule has 234 valence electrons. The van der Waals surface area contributed by atoms with Gasteiger partial charge in [0, 0.05) is 29.4 Å². The molecule has 1 aromatic heterocycles. The Kier molecular flexibility index (Phi) is 10.5. The van der Waals surface area contributed by atoms with Crippen LogP contribution < -0.4 is 5.32 Å². The minimum absolute atomic E-state index is 0.0266. The highest BCUT2D eigenvalue weighted by Gasteiger charge is 2.44. The highest BCUT2D eigenvalue weighted by Crippen LogP contribution is 2.35. The number of aliphatic hydroxyl groups is 1. The molecule has 10 nitrogen and oxygen atoms in total. The third kappa shape index (κ3) is 7.46. The van der Waals surface area contributed by atoms with Crippen LogP contribution in [0.15, 0.2) is 62.5 Å². The number of ether oxygens (including phenoxy) is 3. The van der Waals surface area contributed by atoms with Gasteiger partial charge in [-0.3, -0.25) is 0 Å². The Bertz CT molecular complexity index is 1520. The van der Waals surface area contributed by atoms with Crippen molar-refractivity contribution in [2.45, 2.75) is 61.5 Å². The summed E-state index contributed by atoms with van der Waals surface area (Å²) in [5.74, 6) is -0.0607. The molecule has 2 aliphatic rings. The fraction of sp³-hybridized carbons (Fsp3) is 0.500. The van der Waals surface area contributed by atoms with Gasteiger partial charge in [0.1, 0.15) is 11.7 Å². The smallest absolute Gasteiger partial charge is 0.407 e. The summed E-state index contributed by atoms with van der Waals surface area (Å²) in [7, 11) is -4.04. The van der Waals surface area contributed by atoms with E-state index in [4.69, 9.17) is 18.6 Å². The van der Waals surface area contributed by atoms with E-state index in [-0.39, 0.29) is 49.1 Å². The number of carbonyl (C=O) groups excluding carboxylic acids is 1. The number of furan rings is 1. The number of amides is 1. The molecule has 1 amide bonds. The van der Waals surface area contributed by atoms with E-state index in [0.717, 1.165) is 17.5 Å². The molecular weight excluding hydrogens is 708 g/mol. The summed E-state index contributed by atoms with van der Waals surface area (Å²) in [6.45, 7) is 4.55. The van der Waals surface area contributed by atoms with E-state index in [1.807, 2.05) is 44.2 Å². The third-order valence-electron chi connectivity index (χ3n) is 7.75. The van der Waals surface area contributed by atoms with Crippen molar-refractivity contribution in [3.05, 3.63) is 64.3 Å². The second-order valence-electron chi connectivity index (χ2n) is 11.3. The highest BCUT2D eigenvalue weighted by atomic mass is 79.9. The Balaban J connectivity index is 1.37. The SMILES string of the molecule is CC(C)CN(C[C@@H](O)[C@H](Cc1ccccc1)NC(=O)O[C@H]1COC2OCC[C@@H]21)S(=O)(=O)c1ccc2oc(Br)c(CBr)c2c1. The van der Waals surface area contributed by atoms with Crippen molar-refractivity contribution in [3.63, 3.8) is 0 Å². The molecule has 0 radical (unpaired) electrons. The molecular formula is C30H36Br2N2O8S. The Morgan fingerprint density at radius 3 is 2.65 bits per heavy atom. The molecule has 2 aromatic carbocycles. The van der Waals surface area contributed by atoms with Gasteiger partial charge in [0.05, 0.1) is 36.2 Å². The lowest BCUT2D eigenvalue weighted by molar-refractivity contribution is -0.0907. The number of carbonyl (C=O) groups is 1. The van der Waals surface area contributed by atoms with Gasteiger partial charge in [-0.25, -0.2) is 13.2 Å². The summed E-state index contributed by atoms with van der Waals surface area (Å²) in [4.78, 5) is 13.2. The molecule has 43 heavy (non-hydrogen) atoms. The van der Waals surface area contributed by atoms with Gasteiger partial charge in [-0.1, -0.05) is 60.1 Å². The van der Waals surface area contributed by atoms with Crippen LogP contribution in [-0.2, 0) is 36.0 Å². The molecule has 2 saturated heterocycles. The topological polar surface area (TPSA) is 128 Å². The predicted octanol–water partition coefficient (Wildman–Crippen LogP) is 5.20. The lowest BCUT2D eigenvalue weighted by atomic mass is 10.0. The summed E-state index contributed by atoms with van der Waals surface area (Å²) >= 11 is 6.84. The van der Waals surface area contributed by atoms with E-state index in [1.54, 1.807) is 12.1 Å². The maximum absolute atomic E-state index is 14.0. The molecule has 2 aliphatic heterocycles. The summed E-state index contributed by atoms with van der Waals surface area (Å²) in [6.07, 6.45) is -1.76. The van der Waals surface area contributed by atoms with Crippen LogP contribution in [0.5, 0.6) is 0 Å². The van der Waals surface area contributed by atoms with Gasteiger partial charge in [-0.2, -0.15) is 4.31 Å². The zero-order chi connectivity index (χ0) is 30.7. The summed E-state index contributed by atoms with van der Waals surface area (Å²) in [5.41, 5.74) is 2.23. The number of sulfonamides is 1. The van der Waals surface area contributed by atoms with Gasteiger partial charge in [-0.15, -0.1) is 0 Å². The average Bonchev–Trinajstić information content (AvgIpc) is 3.67. The number of nitrogens with zero attached hydrogens (tertiary/aromatic N) is 1. The monoisotopic (exact) mass is 742 g/mol. The Morgan fingerprint density at radius 1 is 1.16 bits per heavy atom. The van der Waals surface area contributed by atoms with Gasteiger partial charge in [0.25, 0.3) is 0 Å². The van der Waals surface area contributed by atoms with Crippen molar-refractivity contribution in [1.82, 2.24) is 9.62 Å². The van der Waals surface area contributed by atoms with Crippen molar-refractivity contribution in [2.24, 2.45) is 11.8 Å². The molecule has 0 saturated carbocycles. The number of rotatable bonds is 12. The van der Waals surface area contributed by atoms with Gasteiger partial charge < -0.3 is 29.1 Å². The maximum Gasteiger partial charge on any atom is 0.407 e.